The van der Waals surface area contributed by atoms with Gasteiger partial charge in [-0.2, -0.15) is 0 Å². The Morgan fingerprint density at radius 3 is 2.74 bits per heavy atom. The van der Waals surface area contributed by atoms with Crippen molar-refractivity contribution in [1.82, 2.24) is 19.8 Å². The Hall–Kier alpha value is 0.0200. The van der Waals surface area contributed by atoms with Crippen LogP contribution in [0.2, 0.25) is 5.15 Å². The van der Waals surface area contributed by atoms with Gasteiger partial charge in [-0.05, 0) is 43.1 Å². The first-order valence-electron chi connectivity index (χ1n) is 6.63. The number of aromatic nitrogens is 2. The number of rotatable bonds is 3. The topological polar surface area (TPSA) is 32.3 Å². The van der Waals surface area contributed by atoms with E-state index < -0.39 is 0 Å². The number of halogens is 2. The van der Waals surface area contributed by atoms with Crippen molar-refractivity contribution >= 4 is 34.2 Å². The minimum absolute atomic E-state index is 0.240. The molecule has 1 aliphatic rings. The van der Waals surface area contributed by atoms with Gasteiger partial charge in [-0.25, -0.2) is 9.97 Å². The summed E-state index contributed by atoms with van der Waals surface area (Å²) in [6.07, 6.45) is 2.03. The van der Waals surface area contributed by atoms with E-state index in [9.17, 15) is 0 Å². The molecule has 1 aromatic rings. The van der Waals surface area contributed by atoms with Crippen molar-refractivity contribution in [3.8, 4) is 0 Å². The lowest BCUT2D eigenvalue weighted by Crippen LogP contribution is -2.45. The number of aryl methyl sites for hydroxylation is 1. The second-order valence-corrected chi connectivity index (χ2v) is 6.58. The van der Waals surface area contributed by atoms with Gasteiger partial charge in [0.05, 0.1) is 15.3 Å². The third kappa shape index (κ3) is 3.56. The molecule has 4 nitrogen and oxygen atoms in total. The Bertz CT molecular complexity index is 455. The van der Waals surface area contributed by atoms with Gasteiger partial charge in [0, 0.05) is 19.6 Å². The molecule has 0 aromatic carbocycles. The van der Waals surface area contributed by atoms with Crippen LogP contribution in [0.5, 0.6) is 0 Å². The smallest absolute Gasteiger partial charge is 0.148 e. The molecule has 1 fully saturated rings. The molecule has 0 N–H and O–H groups in total. The van der Waals surface area contributed by atoms with Gasteiger partial charge in [0.1, 0.15) is 11.0 Å². The van der Waals surface area contributed by atoms with Crippen LogP contribution in [0.1, 0.15) is 30.9 Å². The van der Waals surface area contributed by atoms with Crippen molar-refractivity contribution in [3.05, 3.63) is 20.2 Å². The van der Waals surface area contributed by atoms with E-state index in [1.807, 2.05) is 0 Å². The Morgan fingerprint density at radius 1 is 1.32 bits per heavy atom. The van der Waals surface area contributed by atoms with Crippen LogP contribution >= 0.6 is 34.2 Å². The summed E-state index contributed by atoms with van der Waals surface area (Å²) in [6, 6.07) is 0.240. The molecule has 0 spiro atoms. The number of nitrogens with zero attached hydrogens (tertiary/aromatic N) is 4. The van der Waals surface area contributed by atoms with E-state index in [0.29, 0.717) is 5.15 Å². The Balaban J connectivity index is 2.33. The maximum atomic E-state index is 6.27. The number of hydrogen-bond acceptors (Lipinski definition) is 4. The molecule has 1 unspecified atom stereocenters. The van der Waals surface area contributed by atoms with E-state index in [4.69, 9.17) is 16.6 Å². The molecule has 1 atom stereocenters. The van der Waals surface area contributed by atoms with Crippen LogP contribution in [0, 0.1) is 3.57 Å². The molecule has 2 rings (SSSR count). The predicted octanol–water partition coefficient (Wildman–Crippen LogP) is 2.61. The van der Waals surface area contributed by atoms with Gasteiger partial charge in [-0.3, -0.25) is 4.90 Å². The Morgan fingerprint density at radius 2 is 2.05 bits per heavy atom. The summed E-state index contributed by atoms with van der Waals surface area (Å²) in [5.41, 5.74) is 1.08. The van der Waals surface area contributed by atoms with E-state index in [0.717, 1.165) is 47.6 Å². The van der Waals surface area contributed by atoms with Crippen LogP contribution in [0.4, 0.5) is 0 Å². The SMILES string of the molecule is CCCc1nc(C2CN(C)CCN2C)nc(Cl)c1I. The van der Waals surface area contributed by atoms with Crippen LogP contribution in [0.3, 0.4) is 0 Å². The molecular formula is C13H20ClIN4. The molecule has 0 saturated carbocycles. The standard InChI is InChI=1S/C13H20ClIN4/c1-4-5-9-11(15)12(14)17-13(16-9)10-8-18(2)6-7-19(10)3/h10H,4-8H2,1-3H3. The van der Waals surface area contributed by atoms with E-state index >= 15 is 0 Å². The highest BCUT2D eigenvalue weighted by Gasteiger charge is 2.27. The van der Waals surface area contributed by atoms with E-state index in [-0.39, 0.29) is 6.04 Å². The third-order valence-corrected chi connectivity index (χ3v) is 5.26. The second kappa shape index (κ2) is 6.65. The number of likely N-dealkylation sites (N-methyl/N-ethyl adjacent to an activating group) is 2. The maximum absolute atomic E-state index is 6.27. The van der Waals surface area contributed by atoms with Crippen molar-refractivity contribution < 1.29 is 0 Å². The second-order valence-electron chi connectivity index (χ2n) is 5.14. The van der Waals surface area contributed by atoms with Gasteiger partial charge in [-0.15, -0.1) is 0 Å². The molecule has 1 saturated heterocycles. The molecule has 0 radical (unpaired) electrons. The zero-order chi connectivity index (χ0) is 14.0. The molecule has 0 amide bonds. The highest BCUT2D eigenvalue weighted by atomic mass is 127. The summed E-state index contributed by atoms with van der Waals surface area (Å²) in [6.45, 7) is 5.25. The lowest BCUT2D eigenvalue weighted by Gasteiger charge is -2.36. The summed E-state index contributed by atoms with van der Waals surface area (Å²) in [5, 5.41) is 0.593. The normalized spacial score (nSPS) is 21.8. The molecule has 0 bridgehead atoms. The molecule has 2 heterocycles. The quantitative estimate of drug-likeness (QED) is 0.583. The van der Waals surface area contributed by atoms with Gasteiger partial charge in [0.15, 0.2) is 0 Å². The van der Waals surface area contributed by atoms with Crippen LogP contribution in [0.25, 0.3) is 0 Å². The maximum Gasteiger partial charge on any atom is 0.148 e. The summed E-state index contributed by atoms with van der Waals surface area (Å²) in [4.78, 5) is 13.9. The van der Waals surface area contributed by atoms with Crippen molar-refractivity contribution in [1.29, 1.82) is 0 Å². The van der Waals surface area contributed by atoms with Crippen molar-refractivity contribution in [2.24, 2.45) is 0 Å². The minimum Gasteiger partial charge on any atom is -0.303 e. The molecular weight excluding hydrogens is 375 g/mol. The van der Waals surface area contributed by atoms with Crippen molar-refractivity contribution in [3.63, 3.8) is 0 Å². The number of hydrogen-bond donors (Lipinski definition) is 0. The fourth-order valence-corrected chi connectivity index (χ4v) is 3.03. The average molecular weight is 395 g/mol. The van der Waals surface area contributed by atoms with Crippen LogP contribution < -0.4 is 0 Å². The van der Waals surface area contributed by atoms with Crippen LogP contribution in [-0.4, -0.2) is 53.5 Å². The first-order valence-corrected chi connectivity index (χ1v) is 8.09. The summed E-state index contributed by atoms with van der Waals surface area (Å²) in [5.74, 6) is 0.864. The molecule has 106 valence electrons. The number of piperazine rings is 1. The van der Waals surface area contributed by atoms with E-state index in [1.165, 1.54) is 0 Å². The van der Waals surface area contributed by atoms with E-state index in [1.54, 1.807) is 0 Å². The van der Waals surface area contributed by atoms with Gasteiger partial charge < -0.3 is 4.90 Å². The van der Waals surface area contributed by atoms with Crippen LogP contribution in [-0.2, 0) is 6.42 Å². The first kappa shape index (κ1) is 15.4. The van der Waals surface area contributed by atoms with Crippen molar-refractivity contribution in [2.75, 3.05) is 33.7 Å². The lowest BCUT2D eigenvalue weighted by molar-refractivity contribution is 0.109. The molecule has 19 heavy (non-hydrogen) atoms. The van der Waals surface area contributed by atoms with Gasteiger partial charge >= 0.3 is 0 Å². The zero-order valence-corrected chi connectivity index (χ0v) is 14.6. The van der Waals surface area contributed by atoms with E-state index in [2.05, 4.69) is 58.4 Å². The summed E-state index contributed by atoms with van der Waals surface area (Å²) in [7, 11) is 4.27. The zero-order valence-electron chi connectivity index (χ0n) is 11.7. The molecule has 6 heteroatoms. The molecule has 1 aliphatic heterocycles. The largest absolute Gasteiger partial charge is 0.303 e. The Kier molecular flexibility index (Phi) is 5.39. The van der Waals surface area contributed by atoms with Gasteiger partial charge in [-0.1, -0.05) is 24.9 Å². The van der Waals surface area contributed by atoms with Gasteiger partial charge in [0.25, 0.3) is 0 Å². The van der Waals surface area contributed by atoms with Crippen LogP contribution in [0.15, 0.2) is 0 Å². The lowest BCUT2D eigenvalue weighted by atomic mass is 10.1. The molecule has 1 aromatic heterocycles. The average Bonchev–Trinajstić information content (AvgIpc) is 2.38. The fourth-order valence-electron chi connectivity index (χ4n) is 2.32. The summed E-state index contributed by atoms with van der Waals surface area (Å²) < 4.78 is 0.997. The minimum atomic E-state index is 0.240. The summed E-state index contributed by atoms with van der Waals surface area (Å²) >= 11 is 8.51. The third-order valence-electron chi connectivity index (χ3n) is 3.53. The Labute approximate surface area is 133 Å². The monoisotopic (exact) mass is 394 g/mol. The predicted molar refractivity (Wildman–Crippen MR) is 86.6 cm³/mol. The highest BCUT2D eigenvalue weighted by molar-refractivity contribution is 14.1. The van der Waals surface area contributed by atoms with Crippen molar-refractivity contribution in [2.45, 2.75) is 25.8 Å². The van der Waals surface area contributed by atoms with Gasteiger partial charge in [0.2, 0.25) is 0 Å². The highest BCUT2D eigenvalue weighted by Crippen LogP contribution is 2.26. The first-order chi connectivity index (χ1) is 9.02. The molecule has 0 aliphatic carbocycles. The fraction of sp³-hybridized carbons (Fsp3) is 0.692.